The minimum atomic E-state index is 0.571. The molecular weight excluding hydrogens is 222 g/mol. The molecule has 0 saturated heterocycles. The molecule has 0 amide bonds. The van der Waals surface area contributed by atoms with E-state index in [0.29, 0.717) is 17.8 Å². The van der Waals surface area contributed by atoms with Gasteiger partial charge in [-0.15, -0.1) is 0 Å². The number of hydrogen-bond donors (Lipinski definition) is 2. The first kappa shape index (κ1) is 12.0. The van der Waals surface area contributed by atoms with E-state index in [1.165, 1.54) is 11.1 Å². The molecule has 0 radical (unpaired) electrons. The van der Waals surface area contributed by atoms with Gasteiger partial charge in [-0.05, 0) is 30.7 Å². The topological polar surface area (TPSA) is 61.8 Å². The zero-order valence-corrected chi connectivity index (χ0v) is 10.3. The van der Waals surface area contributed by atoms with Crippen LogP contribution in [0, 0.1) is 18.3 Å². The van der Waals surface area contributed by atoms with E-state index >= 15 is 0 Å². The standard InChI is InChI=1S/C15H15N3/c1-11-2-4-12(5-3-11)10-18-15-7-6-14(17)8-13(15)9-16/h2-8,18H,10,17H2,1H3. The van der Waals surface area contributed by atoms with Gasteiger partial charge in [-0.2, -0.15) is 5.26 Å². The number of rotatable bonds is 3. The van der Waals surface area contributed by atoms with E-state index in [-0.39, 0.29) is 0 Å². The van der Waals surface area contributed by atoms with Gasteiger partial charge in [-0.3, -0.25) is 0 Å². The summed E-state index contributed by atoms with van der Waals surface area (Å²) in [5, 5.41) is 12.3. The Bertz CT molecular complexity index is 580. The van der Waals surface area contributed by atoms with Crippen molar-refractivity contribution < 1.29 is 0 Å². The Labute approximate surface area is 107 Å². The third kappa shape index (κ3) is 2.80. The van der Waals surface area contributed by atoms with Crippen molar-refractivity contribution in [2.45, 2.75) is 13.5 Å². The average molecular weight is 237 g/mol. The normalized spacial score (nSPS) is 9.78. The van der Waals surface area contributed by atoms with E-state index in [0.717, 1.165) is 5.69 Å². The number of anilines is 2. The molecule has 0 unspecified atom stereocenters. The van der Waals surface area contributed by atoms with Gasteiger partial charge < -0.3 is 11.1 Å². The van der Waals surface area contributed by atoms with Crippen LogP contribution in [-0.4, -0.2) is 0 Å². The van der Waals surface area contributed by atoms with Crippen LogP contribution in [0.1, 0.15) is 16.7 Å². The first-order valence-electron chi connectivity index (χ1n) is 5.78. The number of nitrogens with zero attached hydrogens (tertiary/aromatic N) is 1. The summed E-state index contributed by atoms with van der Waals surface area (Å²) < 4.78 is 0. The fourth-order valence-corrected chi connectivity index (χ4v) is 1.71. The van der Waals surface area contributed by atoms with Gasteiger partial charge in [0.25, 0.3) is 0 Å². The molecule has 0 aliphatic rings. The Balaban J connectivity index is 2.11. The predicted octanol–water partition coefficient (Wildman–Crippen LogP) is 3.06. The van der Waals surface area contributed by atoms with Crippen molar-refractivity contribution in [1.29, 1.82) is 5.26 Å². The maximum atomic E-state index is 9.03. The minimum absolute atomic E-state index is 0.571. The zero-order valence-electron chi connectivity index (χ0n) is 10.3. The van der Waals surface area contributed by atoms with Crippen molar-refractivity contribution in [2.24, 2.45) is 0 Å². The number of aryl methyl sites for hydroxylation is 1. The number of nitrogen functional groups attached to an aromatic ring is 1. The summed E-state index contributed by atoms with van der Waals surface area (Å²) in [4.78, 5) is 0. The number of hydrogen-bond acceptors (Lipinski definition) is 3. The molecule has 3 heteroatoms. The van der Waals surface area contributed by atoms with Gasteiger partial charge in [0.15, 0.2) is 0 Å². The van der Waals surface area contributed by atoms with Crippen LogP contribution in [0.3, 0.4) is 0 Å². The SMILES string of the molecule is Cc1ccc(CNc2ccc(N)cc2C#N)cc1. The third-order valence-electron chi connectivity index (χ3n) is 2.77. The van der Waals surface area contributed by atoms with Gasteiger partial charge in [0.1, 0.15) is 6.07 Å². The molecule has 0 atom stereocenters. The van der Waals surface area contributed by atoms with E-state index in [9.17, 15) is 0 Å². The van der Waals surface area contributed by atoms with E-state index in [1.807, 2.05) is 6.07 Å². The van der Waals surface area contributed by atoms with Crippen molar-refractivity contribution in [1.82, 2.24) is 0 Å². The van der Waals surface area contributed by atoms with Crippen LogP contribution in [0.25, 0.3) is 0 Å². The molecule has 3 nitrogen and oxygen atoms in total. The maximum absolute atomic E-state index is 9.03. The van der Waals surface area contributed by atoms with Crippen LogP contribution in [0.15, 0.2) is 42.5 Å². The predicted molar refractivity (Wildman–Crippen MR) is 74.1 cm³/mol. The maximum Gasteiger partial charge on any atom is 0.101 e. The molecule has 0 saturated carbocycles. The van der Waals surface area contributed by atoms with Crippen molar-refractivity contribution in [3.05, 3.63) is 59.2 Å². The first-order chi connectivity index (χ1) is 8.69. The summed E-state index contributed by atoms with van der Waals surface area (Å²) in [6.07, 6.45) is 0. The van der Waals surface area contributed by atoms with Crippen LogP contribution in [0.4, 0.5) is 11.4 Å². The Morgan fingerprint density at radius 1 is 1.17 bits per heavy atom. The monoisotopic (exact) mass is 237 g/mol. The van der Waals surface area contributed by atoms with Gasteiger partial charge in [-0.1, -0.05) is 29.8 Å². The Morgan fingerprint density at radius 2 is 1.89 bits per heavy atom. The Morgan fingerprint density at radius 3 is 2.56 bits per heavy atom. The molecule has 0 bridgehead atoms. The lowest BCUT2D eigenvalue weighted by molar-refractivity contribution is 1.14. The van der Waals surface area contributed by atoms with E-state index in [2.05, 4.69) is 42.6 Å². The van der Waals surface area contributed by atoms with Crippen molar-refractivity contribution >= 4 is 11.4 Å². The fourth-order valence-electron chi connectivity index (χ4n) is 1.71. The highest BCUT2D eigenvalue weighted by Crippen LogP contribution is 2.18. The number of nitrogens with two attached hydrogens (primary N) is 1. The molecule has 0 aliphatic carbocycles. The number of benzene rings is 2. The highest BCUT2D eigenvalue weighted by atomic mass is 14.9. The van der Waals surface area contributed by atoms with Crippen molar-refractivity contribution in [3.63, 3.8) is 0 Å². The van der Waals surface area contributed by atoms with Crippen LogP contribution in [-0.2, 0) is 6.54 Å². The lowest BCUT2D eigenvalue weighted by Gasteiger charge is -2.09. The van der Waals surface area contributed by atoms with Gasteiger partial charge in [-0.25, -0.2) is 0 Å². The van der Waals surface area contributed by atoms with Gasteiger partial charge in [0, 0.05) is 12.2 Å². The largest absolute Gasteiger partial charge is 0.399 e. The second kappa shape index (κ2) is 5.24. The highest BCUT2D eigenvalue weighted by Gasteiger charge is 2.02. The summed E-state index contributed by atoms with van der Waals surface area (Å²) in [6, 6.07) is 15.7. The molecule has 0 aliphatic heterocycles. The molecule has 0 spiro atoms. The molecule has 0 fully saturated rings. The highest BCUT2D eigenvalue weighted by molar-refractivity contribution is 5.63. The van der Waals surface area contributed by atoms with Crippen LogP contribution in [0.5, 0.6) is 0 Å². The molecule has 0 aromatic heterocycles. The number of nitriles is 1. The summed E-state index contributed by atoms with van der Waals surface area (Å²) in [7, 11) is 0. The van der Waals surface area contributed by atoms with Crippen LogP contribution >= 0.6 is 0 Å². The fraction of sp³-hybridized carbons (Fsp3) is 0.133. The summed E-state index contributed by atoms with van der Waals surface area (Å²) in [5.41, 5.74) is 10.1. The zero-order chi connectivity index (χ0) is 13.0. The smallest absolute Gasteiger partial charge is 0.101 e. The second-order valence-corrected chi connectivity index (χ2v) is 4.26. The Kier molecular flexibility index (Phi) is 3.49. The minimum Gasteiger partial charge on any atom is -0.399 e. The van der Waals surface area contributed by atoms with Crippen LogP contribution < -0.4 is 11.1 Å². The van der Waals surface area contributed by atoms with Crippen molar-refractivity contribution in [2.75, 3.05) is 11.1 Å². The first-order valence-corrected chi connectivity index (χ1v) is 5.78. The lowest BCUT2D eigenvalue weighted by atomic mass is 10.1. The molecular formula is C15H15N3. The summed E-state index contributed by atoms with van der Waals surface area (Å²) in [5.74, 6) is 0. The van der Waals surface area contributed by atoms with E-state index < -0.39 is 0 Å². The van der Waals surface area contributed by atoms with Gasteiger partial charge in [0.2, 0.25) is 0 Å². The summed E-state index contributed by atoms with van der Waals surface area (Å²) >= 11 is 0. The molecule has 2 rings (SSSR count). The molecule has 0 heterocycles. The average Bonchev–Trinajstić information content (AvgIpc) is 2.39. The van der Waals surface area contributed by atoms with Gasteiger partial charge >= 0.3 is 0 Å². The third-order valence-corrected chi connectivity index (χ3v) is 2.77. The van der Waals surface area contributed by atoms with E-state index in [4.69, 9.17) is 11.0 Å². The molecule has 90 valence electrons. The molecule has 2 aromatic carbocycles. The lowest BCUT2D eigenvalue weighted by Crippen LogP contribution is -2.01. The summed E-state index contributed by atoms with van der Waals surface area (Å²) in [6.45, 7) is 2.75. The quantitative estimate of drug-likeness (QED) is 0.806. The molecule has 18 heavy (non-hydrogen) atoms. The van der Waals surface area contributed by atoms with Gasteiger partial charge in [0.05, 0.1) is 11.3 Å². The molecule has 2 aromatic rings. The van der Waals surface area contributed by atoms with E-state index in [1.54, 1.807) is 12.1 Å². The molecule has 3 N–H and O–H groups in total. The van der Waals surface area contributed by atoms with Crippen LogP contribution in [0.2, 0.25) is 0 Å². The Hall–Kier alpha value is -2.47. The number of nitrogens with one attached hydrogen (secondary N) is 1. The second-order valence-electron chi connectivity index (χ2n) is 4.26. The van der Waals surface area contributed by atoms with Crippen molar-refractivity contribution in [3.8, 4) is 6.07 Å².